The van der Waals surface area contributed by atoms with Crippen LogP contribution in [0.2, 0.25) is 5.02 Å². The number of nitrogens with one attached hydrogen (secondary N) is 1. The molecule has 2 aliphatic rings. The van der Waals surface area contributed by atoms with Gasteiger partial charge in [-0.25, -0.2) is 27.1 Å². The summed E-state index contributed by atoms with van der Waals surface area (Å²) in [4.78, 5) is 42.8. The van der Waals surface area contributed by atoms with Gasteiger partial charge in [-0.1, -0.05) is 35.9 Å². The van der Waals surface area contributed by atoms with Crippen molar-refractivity contribution in [2.24, 2.45) is 5.14 Å². The van der Waals surface area contributed by atoms with Crippen LogP contribution in [0.25, 0.3) is 0 Å². The lowest BCUT2D eigenvalue weighted by Crippen LogP contribution is -2.53. The number of rotatable bonds is 7. The van der Waals surface area contributed by atoms with Crippen molar-refractivity contribution in [3.05, 3.63) is 59.1 Å². The first-order valence-corrected chi connectivity index (χ1v) is 15.0. The number of halogens is 3. The molecule has 1 aliphatic heterocycles. The van der Waals surface area contributed by atoms with Gasteiger partial charge in [-0.15, -0.1) is 0 Å². The largest absolute Gasteiger partial charge is 0.453 e. The van der Waals surface area contributed by atoms with E-state index in [4.69, 9.17) is 21.5 Å². The molecule has 1 aliphatic carbocycles. The van der Waals surface area contributed by atoms with Gasteiger partial charge in [0.1, 0.15) is 12.1 Å². The molecule has 0 unspecified atom stereocenters. The molecule has 2 aromatic rings. The average molecular weight is 613 g/mol. The highest BCUT2D eigenvalue weighted by atomic mass is 35.5. The second-order valence-electron chi connectivity index (χ2n) is 10.1. The van der Waals surface area contributed by atoms with Crippen molar-refractivity contribution in [1.29, 1.82) is 0 Å². The highest BCUT2D eigenvalue weighted by Gasteiger charge is 2.44. The van der Waals surface area contributed by atoms with Crippen LogP contribution in [0, 0.1) is 0 Å². The third-order valence-electron chi connectivity index (χ3n) is 7.38. The van der Waals surface area contributed by atoms with Gasteiger partial charge in [0.25, 0.3) is 5.91 Å². The van der Waals surface area contributed by atoms with E-state index in [9.17, 15) is 31.6 Å². The molecule has 4 rings (SSSR count). The smallest absolute Gasteiger partial charge is 0.410 e. The van der Waals surface area contributed by atoms with Crippen molar-refractivity contribution >= 4 is 45.2 Å². The number of anilines is 1. The lowest BCUT2D eigenvalue weighted by atomic mass is 9.91. The third kappa shape index (κ3) is 6.96. The summed E-state index contributed by atoms with van der Waals surface area (Å²) in [7, 11) is -3.02. The molecule has 1 saturated carbocycles. The first kappa shape index (κ1) is 30.7. The van der Waals surface area contributed by atoms with Crippen LogP contribution in [0.1, 0.15) is 50.1 Å². The number of likely N-dealkylation sites (tertiary alicyclic amines) is 1. The topological polar surface area (TPSA) is 139 Å². The van der Waals surface area contributed by atoms with E-state index in [1.165, 1.54) is 42.3 Å². The second-order valence-corrected chi connectivity index (χ2v) is 12.1. The van der Waals surface area contributed by atoms with Gasteiger partial charge in [0, 0.05) is 41.7 Å². The number of carbonyl (C=O) groups excluding carboxylic acids is 3. The first-order valence-electron chi connectivity index (χ1n) is 13.1. The lowest BCUT2D eigenvalue weighted by molar-refractivity contribution is -0.129. The molecular weight excluding hydrogens is 582 g/mol. The molecule has 1 heterocycles. The predicted octanol–water partition coefficient (Wildman–Crippen LogP) is 3.99. The Morgan fingerprint density at radius 3 is 2.44 bits per heavy atom. The molecule has 0 spiro atoms. The molecule has 3 N–H and O–H groups in total. The molecular formula is C27H31ClF2N4O6S. The fraction of sp³-hybridized carbons (Fsp3) is 0.444. The second kappa shape index (κ2) is 12.3. The number of ether oxygens (including phenoxy) is 1. The highest BCUT2D eigenvalue weighted by molar-refractivity contribution is 7.89. The van der Waals surface area contributed by atoms with Crippen LogP contribution in [0.15, 0.2) is 53.4 Å². The summed E-state index contributed by atoms with van der Waals surface area (Å²) < 4.78 is 56.9. The fourth-order valence-electron chi connectivity index (χ4n) is 5.29. The number of hydrogen-bond donors (Lipinski definition) is 2. The van der Waals surface area contributed by atoms with E-state index in [2.05, 4.69) is 5.32 Å². The van der Waals surface area contributed by atoms with Gasteiger partial charge in [-0.05, 0) is 49.9 Å². The van der Waals surface area contributed by atoms with Crippen LogP contribution in [0.3, 0.4) is 0 Å². The van der Waals surface area contributed by atoms with Gasteiger partial charge >= 0.3 is 6.09 Å². The minimum atomic E-state index is -4.20. The van der Waals surface area contributed by atoms with E-state index in [0.717, 1.165) is 11.0 Å². The molecule has 10 nitrogen and oxygen atoms in total. The Bertz CT molecular complexity index is 1420. The molecule has 2 aromatic carbocycles. The zero-order valence-electron chi connectivity index (χ0n) is 22.3. The Morgan fingerprint density at radius 1 is 1.12 bits per heavy atom. The van der Waals surface area contributed by atoms with Crippen molar-refractivity contribution in [2.75, 3.05) is 18.6 Å². The fourth-order valence-corrected chi connectivity index (χ4v) is 6.09. The van der Waals surface area contributed by atoms with E-state index in [1.54, 1.807) is 12.1 Å². The maximum atomic E-state index is 14.3. The monoisotopic (exact) mass is 612 g/mol. The zero-order chi connectivity index (χ0) is 29.9. The molecule has 0 bridgehead atoms. The molecule has 1 saturated heterocycles. The van der Waals surface area contributed by atoms with E-state index >= 15 is 0 Å². The number of benzene rings is 2. The summed E-state index contributed by atoms with van der Waals surface area (Å²) in [6, 6.07) is 8.44. The summed E-state index contributed by atoms with van der Waals surface area (Å²) in [6.07, 6.45) is -0.735. The van der Waals surface area contributed by atoms with Crippen LogP contribution >= 0.6 is 11.6 Å². The average Bonchev–Trinajstić information content (AvgIpc) is 3.42. The van der Waals surface area contributed by atoms with Crippen LogP contribution in [-0.4, -0.2) is 62.9 Å². The standard InChI is InChI=1S/C27H31ClF2N4O6S/c1-40-26(37)33-15-5-10-22(33)25(36)34(18-6-4-7-19(16-18)41(31,38)39)23(20-8-2-3-9-21(20)28)24(35)32-17-11-13-27(29,30)14-12-17/h2-4,6-9,16-17,22-23H,5,10-15H2,1H3,(H,32,35)(H2,31,38,39)/t22-,23-/m0/s1. The van der Waals surface area contributed by atoms with Crippen molar-refractivity contribution < 1.29 is 36.3 Å². The number of sulfonamides is 1. The van der Waals surface area contributed by atoms with E-state index in [-0.39, 0.29) is 47.0 Å². The SMILES string of the molecule is COC(=O)N1CCC[C@H]1C(=O)N(c1cccc(S(N)(=O)=O)c1)[C@H](C(=O)NC1CCC(F)(F)CC1)c1ccccc1Cl. The van der Waals surface area contributed by atoms with Gasteiger partial charge in [-0.2, -0.15) is 0 Å². The van der Waals surface area contributed by atoms with Crippen molar-refractivity contribution in [3.63, 3.8) is 0 Å². The van der Waals surface area contributed by atoms with Crippen molar-refractivity contribution in [3.8, 4) is 0 Å². The number of hydrogen-bond acceptors (Lipinski definition) is 6. The molecule has 2 fully saturated rings. The van der Waals surface area contributed by atoms with Crippen molar-refractivity contribution in [1.82, 2.24) is 10.2 Å². The summed E-state index contributed by atoms with van der Waals surface area (Å²) in [5.41, 5.74) is 0.221. The lowest BCUT2D eigenvalue weighted by Gasteiger charge is -2.37. The Labute approximate surface area is 241 Å². The van der Waals surface area contributed by atoms with Crippen LogP contribution in [0.4, 0.5) is 19.3 Å². The minimum Gasteiger partial charge on any atom is -0.453 e. The van der Waals surface area contributed by atoms with Crippen LogP contribution in [-0.2, 0) is 24.3 Å². The summed E-state index contributed by atoms with van der Waals surface area (Å²) in [5, 5.41) is 8.29. The van der Waals surface area contributed by atoms with Crippen molar-refractivity contribution in [2.45, 2.75) is 67.5 Å². The maximum absolute atomic E-state index is 14.3. The van der Waals surface area contributed by atoms with Gasteiger partial charge < -0.3 is 10.1 Å². The number of methoxy groups -OCH3 is 1. The molecule has 0 radical (unpaired) electrons. The summed E-state index contributed by atoms with van der Waals surface area (Å²) in [6.45, 7) is 0.230. The summed E-state index contributed by atoms with van der Waals surface area (Å²) in [5.74, 6) is -4.21. The Morgan fingerprint density at radius 2 is 1.80 bits per heavy atom. The Kier molecular flexibility index (Phi) is 9.19. The van der Waals surface area contributed by atoms with E-state index in [1.807, 2.05) is 0 Å². The zero-order valence-corrected chi connectivity index (χ0v) is 23.8. The number of amides is 3. The van der Waals surface area contributed by atoms with Gasteiger partial charge in [0.15, 0.2) is 0 Å². The quantitative estimate of drug-likeness (QED) is 0.485. The molecule has 3 amide bonds. The molecule has 14 heteroatoms. The number of nitrogens with zero attached hydrogens (tertiary/aromatic N) is 2. The maximum Gasteiger partial charge on any atom is 0.410 e. The van der Waals surface area contributed by atoms with Gasteiger partial charge in [-0.3, -0.25) is 19.4 Å². The van der Waals surface area contributed by atoms with Gasteiger partial charge in [0.2, 0.25) is 21.9 Å². The Hall–Kier alpha value is -3.29. The van der Waals surface area contributed by atoms with Gasteiger partial charge in [0.05, 0.1) is 12.0 Å². The number of carbonyl (C=O) groups is 3. The molecule has 2 atom stereocenters. The molecule has 0 aromatic heterocycles. The number of nitrogens with two attached hydrogens (primary N) is 1. The van der Waals surface area contributed by atoms with Crippen LogP contribution in [0.5, 0.6) is 0 Å². The molecule has 41 heavy (non-hydrogen) atoms. The van der Waals surface area contributed by atoms with Crippen LogP contribution < -0.4 is 15.4 Å². The Balaban J connectivity index is 1.84. The van der Waals surface area contributed by atoms with E-state index < -0.39 is 64.8 Å². The number of primary sulfonamides is 1. The highest BCUT2D eigenvalue weighted by Crippen LogP contribution is 2.37. The molecule has 222 valence electrons. The first-order chi connectivity index (χ1) is 19.3. The predicted molar refractivity (Wildman–Crippen MR) is 147 cm³/mol. The normalized spacial score (nSPS) is 19.8. The third-order valence-corrected chi connectivity index (χ3v) is 8.63. The number of alkyl halides is 2. The summed E-state index contributed by atoms with van der Waals surface area (Å²) >= 11 is 6.53. The van der Waals surface area contributed by atoms with E-state index in [0.29, 0.717) is 6.42 Å². The minimum absolute atomic E-state index is 0.00786.